The summed E-state index contributed by atoms with van der Waals surface area (Å²) in [6, 6.07) is 10.2. The first-order valence-electron chi connectivity index (χ1n) is 6.75. The van der Waals surface area contributed by atoms with Gasteiger partial charge in [0.25, 0.3) is 0 Å². The van der Waals surface area contributed by atoms with Crippen LogP contribution in [-0.2, 0) is 16.4 Å². The molecule has 0 spiro atoms. The minimum atomic E-state index is -3.15. The maximum atomic E-state index is 12.3. The SMILES string of the molecule is CC1CN(S(=O)(=O)CCc2ccccc2)CC(C)N1. The first-order chi connectivity index (χ1) is 8.97. The maximum absolute atomic E-state index is 12.3. The molecular weight excluding hydrogens is 260 g/mol. The lowest BCUT2D eigenvalue weighted by atomic mass is 10.2. The van der Waals surface area contributed by atoms with E-state index >= 15 is 0 Å². The lowest BCUT2D eigenvalue weighted by molar-refractivity contribution is 0.263. The molecule has 1 aromatic rings. The van der Waals surface area contributed by atoms with E-state index in [9.17, 15) is 8.42 Å². The number of piperazine rings is 1. The average molecular weight is 282 g/mol. The molecule has 2 rings (SSSR count). The number of nitrogens with one attached hydrogen (secondary N) is 1. The first-order valence-corrected chi connectivity index (χ1v) is 8.36. The maximum Gasteiger partial charge on any atom is 0.214 e. The molecular formula is C14H22N2O2S. The van der Waals surface area contributed by atoms with E-state index in [1.807, 2.05) is 44.2 Å². The smallest absolute Gasteiger partial charge is 0.214 e. The van der Waals surface area contributed by atoms with Gasteiger partial charge in [0.05, 0.1) is 5.75 Å². The van der Waals surface area contributed by atoms with E-state index in [2.05, 4.69) is 5.32 Å². The van der Waals surface area contributed by atoms with E-state index in [0.717, 1.165) is 5.56 Å². The number of hydrogen-bond donors (Lipinski definition) is 1. The number of nitrogens with zero attached hydrogens (tertiary/aromatic N) is 1. The quantitative estimate of drug-likeness (QED) is 0.904. The zero-order chi connectivity index (χ0) is 13.9. The number of rotatable bonds is 4. The Morgan fingerprint density at radius 3 is 2.32 bits per heavy atom. The van der Waals surface area contributed by atoms with Crippen LogP contribution in [0.5, 0.6) is 0 Å². The van der Waals surface area contributed by atoms with Crippen molar-refractivity contribution in [1.82, 2.24) is 9.62 Å². The highest BCUT2D eigenvalue weighted by Gasteiger charge is 2.29. The Bertz CT molecular complexity index is 491. The number of sulfonamides is 1. The standard InChI is InChI=1S/C14H22N2O2S/c1-12-10-16(11-13(2)15-12)19(17,18)9-8-14-6-4-3-5-7-14/h3-7,12-13,15H,8-11H2,1-2H3. The highest BCUT2D eigenvalue weighted by Crippen LogP contribution is 2.12. The van der Waals surface area contributed by atoms with Crippen LogP contribution in [0.2, 0.25) is 0 Å². The summed E-state index contributed by atoms with van der Waals surface area (Å²) in [5.74, 6) is 0.191. The van der Waals surface area contributed by atoms with Crippen LogP contribution < -0.4 is 5.32 Å². The van der Waals surface area contributed by atoms with Crippen molar-refractivity contribution in [2.75, 3.05) is 18.8 Å². The number of aryl methyl sites for hydroxylation is 1. The fourth-order valence-electron chi connectivity index (χ4n) is 2.52. The molecule has 1 N–H and O–H groups in total. The van der Waals surface area contributed by atoms with E-state index in [-0.39, 0.29) is 17.8 Å². The van der Waals surface area contributed by atoms with Gasteiger partial charge in [0.2, 0.25) is 10.0 Å². The van der Waals surface area contributed by atoms with Crippen LogP contribution in [0.15, 0.2) is 30.3 Å². The Labute approximate surface area is 115 Å². The van der Waals surface area contributed by atoms with Gasteiger partial charge >= 0.3 is 0 Å². The fourth-order valence-corrected chi connectivity index (χ4v) is 4.18. The molecule has 1 aliphatic rings. The van der Waals surface area contributed by atoms with Crippen LogP contribution in [0.1, 0.15) is 19.4 Å². The van der Waals surface area contributed by atoms with E-state index in [1.54, 1.807) is 4.31 Å². The third-order valence-corrected chi connectivity index (χ3v) is 5.21. The first kappa shape index (κ1) is 14.5. The largest absolute Gasteiger partial charge is 0.309 e. The van der Waals surface area contributed by atoms with Crippen molar-refractivity contribution in [3.63, 3.8) is 0 Å². The topological polar surface area (TPSA) is 49.4 Å². The van der Waals surface area contributed by atoms with Crippen molar-refractivity contribution in [2.24, 2.45) is 0 Å². The van der Waals surface area contributed by atoms with Crippen molar-refractivity contribution in [2.45, 2.75) is 32.4 Å². The van der Waals surface area contributed by atoms with E-state index in [0.29, 0.717) is 19.5 Å². The monoisotopic (exact) mass is 282 g/mol. The molecule has 1 fully saturated rings. The molecule has 1 heterocycles. The lowest BCUT2D eigenvalue weighted by Gasteiger charge is -2.35. The third kappa shape index (κ3) is 4.03. The van der Waals surface area contributed by atoms with Gasteiger partial charge in [-0.15, -0.1) is 0 Å². The number of benzene rings is 1. The summed E-state index contributed by atoms with van der Waals surface area (Å²) >= 11 is 0. The summed E-state index contributed by atoms with van der Waals surface area (Å²) in [4.78, 5) is 0. The summed E-state index contributed by atoms with van der Waals surface area (Å²) in [7, 11) is -3.15. The lowest BCUT2D eigenvalue weighted by Crippen LogP contribution is -2.56. The van der Waals surface area contributed by atoms with E-state index < -0.39 is 10.0 Å². The van der Waals surface area contributed by atoms with Gasteiger partial charge in [0.1, 0.15) is 0 Å². The molecule has 1 saturated heterocycles. The molecule has 0 amide bonds. The summed E-state index contributed by atoms with van der Waals surface area (Å²) in [5, 5.41) is 3.35. The number of hydrogen-bond acceptors (Lipinski definition) is 3. The molecule has 2 unspecified atom stereocenters. The second-order valence-electron chi connectivity index (χ2n) is 5.34. The van der Waals surface area contributed by atoms with Crippen molar-refractivity contribution in [3.8, 4) is 0 Å². The van der Waals surface area contributed by atoms with E-state index in [1.165, 1.54) is 0 Å². The molecule has 4 nitrogen and oxygen atoms in total. The van der Waals surface area contributed by atoms with Gasteiger partial charge in [-0.25, -0.2) is 8.42 Å². The van der Waals surface area contributed by atoms with Crippen LogP contribution in [0.3, 0.4) is 0 Å². The molecule has 106 valence electrons. The summed E-state index contributed by atoms with van der Waals surface area (Å²) in [6.45, 7) is 5.19. The molecule has 5 heteroatoms. The molecule has 0 saturated carbocycles. The van der Waals surface area contributed by atoms with Crippen molar-refractivity contribution in [1.29, 1.82) is 0 Å². The summed E-state index contributed by atoms with van der Waals surface area (Å²) < 4.78 is 26.3. The molecule has 1 aliphatic heterocycles. The van der Waals surface area contributed by atoms with Crippen molar-refractivity contribution >= 4 is 10.0 Å². The van der Waals surface area contributed by atoms with Crippen molar-refractivity contribution in [3.05, 3.63) is 35.9 Å². The van der Waals surface area contributed by atoms with Gasteiger partial charge in [-0.05, 0) is 25.8 Å². The Balaban J connectivity index is 1.98. The van der Waals surface area contributed by atoms with Gasteiger partial charge in [-0.1, -0.05) is 30.3 Å². The predicted octanol–water partition coefficient (Wildman–Crippen LogP) is 1.24. The third-order valence-electron chi connectivity index (χ3n) is 3.41. The van der Waals surface area contributed by atoms with Crippen LogP contribution >= 0.6 is 0 Å². The Morgan fingerprint density at radius 2 is 1.74 bits per heavy atom. The Kier molecular flexibility index (Phi) is 4.60. The van der Waals surface area contributed by atoms with Gasteiger partial charge in [-0.2, -0.15) is 4.31 Å². The predicted molar refractivity (Wildman–Crippen MR) is 77.6 cm³/mol. The Hall–Kier alpha value is -0.910. The molecule has 19 heavy (non-hydrogen) atoms. The fraction of sp³-hybridized carbons (Fsp3) is 0.571. The summed E-state index contributed by atoms with van der Waals surface area (Å²) in [6.07, 6.45) is 0.579. The zero-order valence-corrected chi connectivity index (χ0v) is 12.4. The minimum absolute atomic E-state index is 0.191. The van der Waals surface area contributed by atoms with Crippen LogP contribution in [0.25, 0.3) is 0 Å². The highest BCUT2D eigenvalue weighted by molar-refractivity contribution is 7.89. The average Bonchev–Trinajstić information content (AvgIpc) is 2.37. The van der Waals surface area contributed by atoms with Gasteiger partial charge in [0, 0.05) is 25.2 Å². The van der Waals surface area contributed by atoms with Gasteiger partial charge in [-0.3, -0.25) is 0 Å². The molecule has 0 aromatic heterocycles. The highest BCUT2D eigenvalue weighted by atomic mass is 32.2. The van der Waals surface area contributed by atoms with Crippen LogP contribution in [0.4, 0.5) is 0 Å². The van der Waals surface area contributed by atoms with Crippen LogP contribution in [-0.4, -0.2) is 43.6 Å². The molecule has 2 atom stereocenters. The van der Waals surface area contributed by atoms with Crippen molar-refractivity contribution < 1.29 is 8.42 Å². The molecule has 0 bridgehead atoms. The molecule has 0 radical (unpaired) electrons. The molecule has 1 aromatic carbocycles. The second kappa shape index (κ2) is 6.03. The summed E-state index contributed by atoms with van der Waals surface area (Å²) in [5.41, 5.74) is 1.07. The zero-order valence-electron chi connectivity index (χ0n) is 11.5. The van der Waals surface area contributed by atoms with Gasteiger partial charge in [0.15, 0.2) is 0 Å². The van der Waals surface area contributed by atoms with Gasteiger partial charge < -0.3 is 5.32 Å². The Morgan fingerprint density at radius 1 is 1.16 bits per heavy atom. The minimum Gasteiger partial charge on any atom is -0.309 e. The van der Waals surface area contributed by atoms with Crippen LogP contribution in [0, 0.1) is 0 Å². The second-order valence-corrected chi connectivity index (χ2v) is 7.43. The normalized spacial score (nSPS) is 25.4. The van der Waals surface area contributed by atoms with E-state index in [4.69, 9.17) is 0 Å². The molecule has 0 aliphatic carbocycles.